The van der Waals surface area contributed by atoms with Crippen LogP contribution in [0.4, 0.5) is 10.8 Å². The molecule has 0 bridgehead atoms. The zero-order chi connectivity index (χ0) is 18.8. The molecular weight excluding hydrogens is 360 g/mol. The highest BCUT2D eigenvalue weighted by Crippen LogP contribution is 2.34. The Morgan fingerprint density at radius 1 is 1.11 bits per heavy atom. The molecule has 1 unspecified atom stereocenters. The molecule has 136 valence electrons. The van der Waals surface area contributed by atoms with Crippen LogP contribution in [0.1, 0.15) is 33.3 Å². The van der Waals surface area contributed by atoms with Crippen molar-refractivity contribution in [1.29, 1.82) is 0 Å². The quantitative estimate of drug-likeness (QED) is 0.752. The van der Waals surface area contributed by atoms with Gasteiger partial charge in [-0.15, -0.1) is 10.2 Å². The number of benzene rings is 2. The third kappa shape index (κ3) is 3.73. The Labute approximate surface area is 160 Å². The second-order valence-corrected chi connectivity index (χ2v) is 7.52. The van der Waals surface area contributed by atoms with Crippen LogP contribution < -0.4 is 10.2 Å². The van der Waals surface area contributed by atoms with Gasteiger partial charge in [0.05, 0.1) is 0 Å². The normalized spacial score (nSPS) is 16.6. The second kappa shape index (κ2) is 7.28. The summed E-state index contributed by atoms with van der Waals surface area (Å²) in [5, 5.41) is 12.2. The van der Waals surface area contributed by atoms with Crippen LogP contribution in [0, 0.1) is 6.92 Å². The van der Waals surface area contributed by atoms with E-state index in [9.17, 15) is 9.59 Å². The van der Waals surface area contributed by atoms with Crippen LogP contribution in [0.2, 0.25) is 0 Å². The van der Waals surface area contributed by atoms with Crippen molar-refractivity contribution in [2.45, 2.75) is 19.3 Å². The first-order valence-electron chi connectivity index (χ1n) is 8.67. The zero-order valence-electron chi connectivity index (χ0n) is 14.8. The third-order valence-electron chi connectivity index (χ3n) is 4.52. The smallest absolute Gasteiger partial charge is 0.257 e. The Morgan fingerprint density at radius 3 is 2.59 bits per heavy atom. The lowest BCUT2D eigenvalue weighted by molar-refractivity contribution is -0.117. The lowest BCUT2D eigenvalue weighted by atomic mass is 10.1. The van der Waals surface area contributed by atoms with Crippen LogP contribution in [0.5, 0.6) is 0 Å². The summed E-state index contributed by atoms with van der Waals surface area (Å²) in [6, 6.07) is 16.9. The molecule has 27 heavy (non-hydrogen) atoms. The van der Waals surface area contributed by atoms with Gasteiger partial charge in [0.25, 0.3) is 5.91 Å². The molecule has 0 aliphatic carbocycles. The molecule has 1 N–H and O–H groups in total. The number of rotatable bonds is 4. The van der Waals surface area contributed by atoms with E-state index in [-0.39, 0.29) is 17.7 Å². The summed E-state index contributed by atoms with van der Waals surface area (Å²) in [5.41, 5.74) is 2.62. The van der Waals surface area contributed by atoms with Gasteiger partial charge >= 0.3 is 0 Å². The summed E-state index contributed by atoms with van der Waals surface area (Å²) < 4.78 is 0. The molecule has 7 heteroatoms. The summed E-state index contributed by atoms with van der Waals surface area (Å²) in [4.78, 5) is 26.4. The fourth-order valence-electron chi connectivity index (χ4n) is 3.06. The van der Waals surface area contributed by atoms with Crippen LogP contribution in [-0.4, -0.2) is 28.6 Å². The lowest BCUT2D eigenvalue weighted by Crippen LogP contribution is -2.24. The van der Waals surface area contributed by atoms with E-state index in [1.807, 2.05) is 49.4 Å². The van der Waals surface area contributed by atoms with Crippen LogP contribution in [0.15, 0.2) is 54.6 Å². The second-order valence-electron chi connectivity index (χ2n) is 6.51. The van der Waals surface area contributed by atoms with E-state index in [0.29, 0.717) is 23.7 Å². The topological polar surface area (TPSA) is 75.2 Å². The van der Waals surface area contributed by atoms with Crippen molar-refractivity contribution < 1.29 is 9.59 Å². The Hall–Kier alpha value is -3.06. The first-order chi connectivity index (χ1) is 13.1. The molecule has 1 aliphatic heterocycles. The van der Waals surface area contributed by atoms with Gasteiger partial charge in [-0.2, -0.15) is 0 Å². The van der Waals surface area contributed by atoms with Crippen LogP contribution in [0.25, 0.3) is 0 Å². The van der Waals surface area contributed by atoms with Crippen LogP contribution >= 0.6 is 11.3 Å². The molecule has 1 saturated heterocycles. The number of aromatic nitrogens is 2. The summed E-state index contributed by atoms with van der Waals surface area (Å²) in [7, 11) is 0. The minimum atomic E-state index is -0.220. The highest BCUT2D eigenvalue weighted by atomic mass is 32.1. The molecule has 1 atom stereocenters. The number of amides is 2. The first kappa shape index (κ1) is 17.4. The van der Waals surface area contributed by atoms with Gasteiger partial charge < -0.3 is 4.90 Å². The number of carbonyl (C=O) groups excluding carboxylic acids is 2. The molecule has 0 spiro atoms. The van der Waals surface area contributed by atoms with Gasteiger partial charge in [-0.1, -0.05) is 47.2 Å². The van der Waals surface area contributed by atoms with Crippen molar-refractivity contribution in [3.63, 3.8) is 0 Å². The van der Waals surface area contributed by atoms with E-state index in [4.69, 9.17) is 0 Å². The van der Waals surface area contributed by atoms with Crippen molar-refractivity contribution in [3.8, 4) is 0 Å². The van der Waals surface area contributed by atoms with E-state index >= 15 is 0 Å². The lowest BCUT2D eigenvalue weighted by Gasteiger charge is -2.16. The number of carbonyl (C=O) groups is 2. The van der Waals surface area contributed by atoms with Crippen molar-refractivity contribution in [1.82, 2.24) is 10.2 Å². The van der Waals surface area contributed by atoms with E-state index in [2.05, 4.69) is 15.5 Å². The van der Waals surface area contributed by atoms with Crippen molar-refractivity contribution in [3.05, 3.63) is 70.7 Å². The summed E-state index contributed by atoms with van der Waals surface area (Å²) in [6.45, 7) is 2.59. The average molecular weight is 378 g/mol. The number of nitrogens with one attached hydrogen (secondary N) is 1. The highest BCUT2D eigenvalue weighted by molar-refractivity contribution is 7.15. The number of anilines is 2. The van der Waals surface area contributed by atoms with E-state index < -0.39 is 0 Å². The molecule has 0 radical (unpaired) electrons. The van der Waals surface area contributed by atoms with Gasteiger partial charge in [-0.3, -0.25) is 14.9 Å². The molecule has 6 nitrogen and oxygen atoms in total. The zero-order valence-corrected chi connectivity index (χ0v) is 15.6. The minimum Gasteiger partial charge on any atom is -0.312 e. The maximum Gasteiger partial charge on any atom is 0.257 e. The largest absolute Gasteiger partial charge is 0.312 e. The predicted octanol–water partition coefficient (Wildman–Crippen LogP) is 3.62. The van der Waals surface area contributed by atoms with Crippen molar-refractivity contribution in [2.75, 3.05) is 16.8 Å². The van der Waals surface area contributed by atoms with Gasteiger partial charge in [0.15, 0.2) is 0 Å². The molecular formula is C20H18N4O2S. The SMILES string of the molecule is Cc1ccc(N2CC(c3nnc(NC(=O)c4ccccc4)s3)CC2=O)cc1. The first-order valence-corrected chi connectivity index (χ1v) is 9.48. The number of nitrogens with zero attached hydrogens (tertiary/aromatic N) is 3. The molecule has 2 aromatic carbocycles. The summed E-state index contributed by atoms with van der Waals surface area (Å²) in [6.07, 6.45) is 0.398. The van der Waals surface area contributed by atoms with Gasteiger partial charge in [0.2, 0.25) is 11.0 Å². The molecule has 4 rings (SSSR count). The number of hydrogen-bond donors (Lipinski definition) is 1. The Balaban J connectivity index is 1.45. The molecule has 3 aromatic rings. The summed E-state index contributed by atoms with van der Waals surface area (Å²) >= 11 is 1.32. The van der Waals surface area contributed by atoms with Gasteiger partial charge in [-0.05, 0) is 31.2 Å². The Bertz CT molecular complexity index is 969. The minimum absolute atomic E-state index is 0.0151. The van der Waals surface area contributed by atoms with Crippen molar-refractivity contribution in [2.24, 2.45) is 0 Å². The fraction of sp³-hybridized carbons (Fsp3) is 0.200. The molecule has 1 aromatic heterocycles. The average Bonchev–Trinajstić information content (AvgIpc) is 3.30. The predicted molar refractivity (Wildman–Crippen MR) is 105 cm³/mol. The Morgan fingerprint density at radius 2 is 1.85 bits per heavy atom. The van der Waals surface area contributed by atoms with E-state index in [1.54, 1.807) is 17.0 Å². The van der Waals surface area contributed by atoms with Gasteiger partial charge in [0.1, 0.15) is 5.01 Å². The van der Waals surface area contributed by atoms with Crippen LogP contribution in [-0.2, 0) is 4.79 Å². The van der Waals surface area contributed by atoms with E-state index in [0.717, 1.165) is 16.3 Å². The van der Waals surface area contributed by atoms with Crippen molar-refractivity contribution >= 4 is 34.0 Å². The number of aryl methyl sites for hydroxylation is 1. The maximum atomic E-state index is 12.4. The monoisotopic (exact) mass is 378 g/mol. The molecule has 0 saturated carbocycles. The molecule has 2 amide bonds. The van der Waals surface area contributed by atoms with E-state index in [1.165, 1.54) is 11.3 Å². The summed E-state index contributed by atoms with van der Waals surface area (Å²) in [5.74, 6) is -0.158. The maximum absolute atomic E-state index is 12.4. The molecule has 2 heterocycles. The Kier molecular flexibility index (Phi) is 4.68. The van der Waals surface area contributed by atoms with Crippen LogP contribution in [0.3, 0.4) is 0 Å². The number of hydrogen-bond acceptors (Lipinski definition) is 5. The molecule has 1 aliphatic rings. The fourth-order valence-corrected chi connectivity index (χ4v) is 3.89. The highest BCUT2D eigenvalue weighted by Gasteiger charge is 2.33. The molecule has 1 fully saturated rings. The third-order valence-corrected chi connectivity index (χ3v) is 5.52. The van der Waals surface area contributed by atoms with Gasteiger partial charge in [0, 0.05) is 30.1 Å². The standard InChI is InChI=1S/C20H18N4O2S/c1-13-7-9-16(10-8-13)24-12-15(11-17(24)25)19-22-23-20(27-19)21-18(26)14-5-3-2-4-6-14/h2-10,15H,11-12H2,1H3,(H,21,23,26). The van der Waals surface area contributed by atoms with Gasteiger partial charge in [-0.25, -0.2) is 0 Å².